The molecule has 1 N–H and O–H groups in total. The summed E-state index contributed by atoms with van der Waals surface area (Å²) in [5.41, 5.74) is 1.17. The van der Waals surface area contributed by atoms with Gasteiger partial charge in [0, 0.05) is 5.69 Å². The van der Waals surface area contributed by atoms with Crippen molar-refractivity contribution in [2.45, 2.75) is 6.92 Å². The highest BCUT2D eigenvalue weighted by molar-refractivity contribution is 8.18. The summed E-state index contributed by atoms with van der Waals surface area (Å²) in [5.74, 6) is 0.162. The average Bonchev–Trinajstić information content (AvgIpc) is 3.17. The van der Waals surface area contributed by atoms with Gasteiger partial charge in [0.2, 0.25) is 0 Å². The average molecular weight is 587 g/mol. The van der Waals surface area contributed by atoms with Gasteiger partial charge in [-0.3, -0.25) is 19.3 Å². The van der Waals surface area contributed by atoms with Crippen molar-refractivity contribution in [3.63, 3.8) is 0 Å². The maximum absolute atomic E-state index is 12.9. The summed E-state index contributed by atoms with van der Waals surface area (Å²) in [7, 11) is 0. The lowest BCUT2D eigenvalue weighted by Crippen LogP contribution is -2.32. The molecule has 1 fully saturated rings. The molecule has 4 rings (SSSR count). The predicted molar refractivity (Wildman–Crippen MR) is 153 cm³/mol. The first-order valence-corrected chi connectivity index (χ1v) is 13.5. The zero-order valence-corrected chi connectivity index (χ0v) is 23.1. The van der Waals surface area contributed by atoms with Crippen LogP contribution in [0.25, 0.3) is 6.08 Å². The molecule has 3 aromatic carbocycles. The van der Waals surface area contributed by atoms with Crippen molar-refractivity contribution in [3.05, 3.63) is 87.2 Å². The van der Waals surface area contributed by atoms with E-state index in [-0.39, 0.29) is 41.3 Å². The summed E-state index contributed by atoms with van der Waals surface area (Å²) in [6, 6.07) is 19.2. The first-order chi connectivity index (χ1) is 18.9. The number of nitrogens with one attached hydrogen (secondary N) is 1. The van der Waals surface area contributed by atoms with Crippen molar-refractivity contribution in [2.75, 3.05) is 31.7 Å². The first kappa shape index (κ1) is 28.4. The number of hydrogen-bond acceptors (Lipinski definition) is 7. The molecule has 0 aromatic heterocycles. The van der Waals surface area contributed by atoms with E-state index in [4.69, 9.17) is 37.4 Å². The van der Waals surface area contributed by atoms with E-state index in [9.17, 15) is 14.4 Å². The summed E-state index contributed by atoms with van der Waals surface area (Å²) < 4.78 is 17.0. The number of para-hydroxylation sites is 2. The number of imide groups is 1. The van der Waals surface area contributed by atoms with Crippen LogP contribution in [0.4, 0.5) is 10.5 Å². The van der Waals surface area contributed by atoms with Crippen LogP contribution in [-0.2, 0) is 9.59 Å². The molecule has 0 bridgehead atoms. The molecule has 39 heavy (non-hydrogen) atoms. The zero-order valence-electron chi connectivity index (χ0n) is 20.8. The smallest absolute Gasteiger partial charge is 0.293 e. The van der Waals surface area contributed by atoms with Gasteiger partial charge in [-0.2, -0.15) is 0 Å². The largest absolute Gasteiger partial charge is 0.490 e. The maximum atomic E-state index is 12.9. The Morgan fingerprint density at radius 2 is 1.69 bits per heavy atom. The van der Waals surface area contributed by atoms with E-state index in [2.05, 4.69) is 5.32 Å². The van der Waals surface area contributed by atoms with Crippen LogP contribution in [0.1, 0.15) is 12.5 Å². The van der Waals surface area contributed by atoms with E-state index in [0.717, 1.165) is 16.7 Å². The number of benzene rings is 3. The molecule has 0 spiro atoms. The predicted octanol–water partition coefficient (Wildman–Crippen LogP) is 6.52. The van der Waals surface area contributed by atoms with E-state index < -0.39 is 11.1 Å². The van der Waals surface area contributed by atoms with Gasteiger partial charge in [-0.15, -0.1) is 0 Å². The number of nitrogens with zero attached hydrogens (tertiary/aromatic N) is 1. The standard InChI is InChI=1S/C28H24Cl2N2O6S/c1-2-36-23-15-18(14-21(30)26(23)38-17-25(33)31-19-8-4-3-5-9-19)16-24-27(34)32(28(35)39-24)12-13-37-22-11-7-6-10-20(22)29/h3-11,14-16H,2,12-13,17H2,1H3,(H,31,33)/b24-16-. The minimum atomic E-state index is -0.445. The summed E-state index contributed by atoms with van der Waals surface area (Å²) in [6.07, 6.45) is 1.56. The molecule has 0 saturated carbocycles. The molecule has 8 nitrogen and oxygen atoms in total. The first-order valence-electron chi connectivity index (χ1n) is 11.9. The van der Waals surface area contributed by atoms with Gasteiger partial charge in [-0.25, -0.2) is 0 Å². The molecular formula is C28H24Cl2N2O6S. The van der Waals surface area contributed by atoms with Crippen LogP contribution < -0.4 is 19.5 Å². The second kappa shape index (κ2) is 13.4. The van der Waals surface area contributed by atoms with Crippen LogP contribution in [0.15, 0.2) is 71.6 Å². The number of carbonyl (C=O) groups excluding carboxylic acids is 3. The van der Waals surface area contributed by atoms with Crippen molar-refractivity contribution in [1.82, 2.24) is 4.90 Å². The SMILES string of the molecule is CCOc1cc(/C=C2\SC(=O)N(CCOc3ccccc3Cl)C2=O)cc(Cl)c1OCC(=O)Nc1ccccc1. The summed E-state index contributed by atoms with van der Waals surface area (Å²) in [4.78, 5) is 39.1. The van der Waals surface area contributed by atoms with Gasteiger partial charge in [0.1, 0.15) is 12.4 Å². The second-order valence-electron chi connectivity index (χ2n) is 8.08. The van der Waals surface area contributed by atoms with Crippen molar-refractivity contribution in [3.8, 4) is 17.2 Å². The topological polar surface area (TPSA) is 94.2 Å². The van der Waals surface area contributed by atoms with Crippen molar-refractivity contribution in [2.24, 2.45) is 0 Å². The third-order valence-corrected chi connectivity index (χ3v) is 6.82. The van der Waals surface area contributed by atoms with Crippen LogP contribution in [0.5, 0.6) is 17.2 Å². The molecule has 0 radical (unpaired) electrons. The van der Waals surface area contributed by atoms with Gasteiger partial charge in [0.15, 0.2) is 18.1 Å². The molecule has 3 amide bonds. The Morgan fingerprint density at radius 3 is 2.44 bits per heavy atom. The number of rotatable bonds is 11. The highest BCUT2D eigenvalue weighted by Crippen LogP contribution is 2.39. The summed E-state index contributed by atoms with van der Waals surface area (Å²) >= 11 is 13.4. The van der Waals surface area contributed by atoms with Crippen LogP contribution in [-0.4, -0.2) is 48.3 Å². The molecule has 1 heterocycles. The molecule has 11 heteroatoms. The number of ether oxygens (including phenoxy) is 3. The lowest BCUT2D eigenvalue weighted by Gasteiger charge is -2.15. The highest BCUT2D eigenvalue weighted by Gasteiger charge is 2.35. The van der Waals surface area contributed by atoms with E-state index in [1.807, 2.05) is 18.2 Å². The van der Waals surface area contributed by atoms with Crippen LogP contribution in [0.3, 0.4) is 0 Å². The molecule has 0 atom stereocenters. The molecule has 0 unspecified atom stereocenters. The molecule has 0 aliphatic carbocycles. The fourth-order valence-corrected chi connectivity index (χ4v) is 4.91. The highest BCUT2D eigenvalue weighted by atomic mass is 35.5. The Labute approximate surface area is 239 Å². The molecule has 202 valence electrons. The Morgan fingerprint density at radius 1 is 0.949 bits per heavy atom. The Bertz CT molecular complexity index is 1400. The Balaban J connectivity index is 1.42. The van der Waals surface area contributed by atoms with Crippen molar-refractivity contribution >= 4 is 63.8 Å². The molecular weight excluding hydrogens is 563 g/mol. The van der Waals surface area contributed by atoms with Crippen LogP contribution in [0, 0.1) is 0 Å². The van der Waals surface area contributed by atoms with Gasteiger partial charge in [-0.1, -0.05) is 53.5 Å². The second-order valence-corrected chi connectivity index (χ2v) is 9.89. The van der Waals surface area contributed by atoms with Crippen LogP contribution >= 0.6 is 35.0 Å². The third-order valence-electron chi connectivity index (χ3n) is 5.32. The van der Waals surface area contributed by atoms with E-state index in [1.165, 1.54) is 0 Å². The zero-order chi connectivity index (χ0) is 27.8. The number of amides is 3. The van der Waals surface area contributed by atoms with Gasteiger partial charge >= 0.3 is 0 Å². The lowest BCUT2D eigenvalue weighted by atomic mass is 10.1. The Kier molecular flexibility index (Phi) is 9.75. The quantitative estimate of drug-likeness (QED) is 0.255. The molecule has 3 aromatic rings. The number of carbonyl (C=O) groups is 3. The number of thioether (sulfide) groups is 1. The molecule has 1 aliphatic rings. The number of anilines is 1. The monoisotopic (exact) mass is 586 g/mol. The third kappa shape index (κ3) is 7.47. The van der Waals surface area contributed by atoms with E-state index >= 15 is 0 Å². The molecule has 1 aliphatic heterocycles. The normalized spacial score (nSPS) is 14.0. The number of hydrogen-bond donors (Lipinski definition) is 1. The van der Waals surface area contributed by atoms with Gasteiger partial charge in [0.25, 0.3) is 17.1 Å². The summed E-state index contributed by atoms with van der Waals surface area (Å²) in [6.45, 7) is 1.98. The van der Waals surface area contributed by atoms with Crippen LogP contribution in [0.2, 0.25) is 10.0 Å². The Hall–Kier alpha value is -3.66. The van der Waals surface area contributed by atoms with Gasteiger partial charge < -0.3 is 19.5 Å². The van der Waals surface area contributed by atoms with E-state index in [0.29, 0.717) is 34.4 Å². The maximum Gasteiger partial charge on any atom is 0.293 e. The minimum absolute atomic E-state index is 0.0655. The minimum Gasteiger partial charge on any atom is -0.490 e. The van der Waals surface area contributed by atoms with Gasteiger partial charge in [0.05, 0.1) is 28.1 Å². The summed E-state index contributed by atoms with van der Waals surface area (Å²) in [5, 5.41) is 2.95. The lowest BCUT2D eigenvalue weighted by molar-refractivity contribution is -0.123. The fourth-order valence-electron chi connectivity index (χ4n) is 3.58. The number of halogens is 2. The van der Waals surface area contributed by atoms with Crippen molar-refractivity contribution in [1.29, 1.82) is 0 Å². The fraction of sp³-hybridized carbons (Fsp3) is 0.179. The van der Waals surface area contributed by atoms with Gasteiger partial charge in [-0.05, 0) is 66.7 Å². The molecule has 1 saturated heterocycles. The van der Waals surface area contributed by atoms with Crippen molar-refractivity contribution < 1.29 is 28.6 Å². The van der Waals surface area contributed by atoms with E-state index in [1.54, 1.807) is 61.5 Å².